The molecule has 21 heavy (non-hydrogen) atoms. The number of carbonyl (C=O) groups excluding carboxylic acids is 2. The van der Waals surface area contributed by atoms with Gasteiger partial charge in [0.2, 0.25) is 5.91 Å². The molecule has 2 N–H and O–H groups in total. The van der Waals surface area contributed by atoms with E-state index in [-0.39, 0.29) is 29.7 Å². The minimum absolute atomic E-state index is 0.107. The zero-order valence-corrected chi connectivity index (χ0v) is 13.2. The maximum absolute atomic E-state index is 12.6. The maximum atomic E-state index is 12.6. The lowest BCUT2D eigenvalue weighted by Crippen LogP contribution is -2.55. The Hall–Kier alpha value is -1.60. The highest BCUT2D eigenvalue weighted by molar-refractivity contribution is 9.10. The molecule has 0 aliphatic carbocycles. The van der Waals surface area contributed by atoms with Crippen molar-refractivity contribution in [3.05, 3.63) is 28.2 Å². The first-order chi connectivity index (χ1) is 10.0. The minimum Gasteiger partial charge on any atom is -0.507 e. The third-order valence-corrected chi connectivity index (χ3v) is 3.73. The number of hydrogen-bond donors (Lipinski definition) is 2. The number of likely N-dealkylation sites (N-methyl/N-ethyl adjacent to an activating group) is 1. The summed E-state index contributed by atoms with van der Waals surface area (Å²) in [5, 5.41) is 12.6. The molecule has 1 heterocycles. The summed E-state index contributed by atoms with van der Waals surface area (Å²) in [5.74, 6) is -0.738. The van der Waals surface area contributed by atoms with Gasteiger partial charge in [-0.05, 0) is 25.1 Å². The fourth-order valence-corrected chi connectivity index (χ4v) is 2.55. The van der Waals surface area contributed by atoms with E-state index < -0.39 is 6.04 Å². The summed E-state index contributed by atoms with van der Waals surface area (Å²) in [5.41, 5.74) is 0.167. The molecule has 1 atom stereocenters. The Bertz CT molecular complexity index is 550. The van der Waals surface area contributed by atoms with Gasteiger partial charge in [-0.15, -0.1) is 0 Å². The molecule has 0 radical (unpaired) electrons. The molecule has 1 aromatic carbocycles. The number of ether oxygens (including phenoxy) is 1. The topological polar surface area (TPSA) is 78.9 Å². The number of aromatic hydroxyl groups is 1. The Kier molecular flexibility index (Phi) is 5.19. The summed E-state index contributed by atoms with van der Waals surface area (Å²) in [6, 6.07) is 3.96. The Labute approximate surface area is 131 Å². The SMILES string of the molecule is CCNC(=O)C1COCCN1C(=O)c1cc(Br)ccc1O. The van der Waals surface area contributed by atoms with Crippen LogP contribution in [-0.4, -0.2) is 54.2 Å². The predicted octanol–water partition coefficient (Wildman–Crippen LogP) is 1.13. The molecule has 1 aromatic rings. The van der Waals surface area contributed by atoms with Crippen molar-refractivity contribution in [1.29, 1.82) is 0 Å². The van der Waals surface area contributed by atoms with Gasteiger partial charge in [0.05, 0.1) is 18.8 Å². The van der Waals surface area contributed by atoms with E-state index in [0.29, 0.717) is 24.2 Å². The number of carbonyl (C=O) groups is 2. The molecular formula is C14H17BrN2O4. The first-order valence-electron chi connectivity index (χ1n) is 6.69. The lowest BCUT2D eigenvalue weighted by Gasteiger charge is -2.34. The molecule has 1 aliphatic rings. The number of rotatable bonds is 3. The van der Waals surface area contributed by atoms with Crippen molar-refractivity contribution in [3.63, 3.8) is 0 Å². The van der Waals surface area contributed by atoms with Gasteiger partial charge in [-0.1, -0.05) is 15.9 Å². The van der Waals surface area contributed by atoms with E-state index in [1.165, 1.54) is 11.0 Å². The number of halogens is 1. The van der Waals surface area contributed by atoms with Gasteiger partial charge in [0.15, 0.2) is 0 Å². The lowest BCUT2D eigenvalue weighted by atomic mass is 10.1. The van der Waals surface area contributed by atoms with Gasteiger partial charge in [0.1, 0.15) is 11.8 Å². The van der Waals surface area contributed by atoms with Crippen molar-refractivity contribution in [2.45, 2.75) is 13.0 Å². The van der Waals surface area contributed by atoms with Crippen LogP contribution in [-0.2, 0) is 9.53 Å². The first-order valence-corrected chi connectivity index (χ1v) is 7.48. The Morgan fingerprint density at radius 1 is 1.52 bits per heavy atom. The summed E-state index contributed by atoms with van der Waals surface area (Å²) in [6.07, 6.45) is 0. The number of phenolic OH excluding ortho intramolecular Hbond substituents is 1. The van der Waals surface area contributed by atoms with Crippen molar-refractivity contribution < 1.29 is 19.4 Å². The van der Waals surface area contributed by atoms with Crippen LogP contribution in [0.3, 0.4) is 0 Å². The van der Waals surface area contributed by atoms with Crippen molar-refractivity contribution in [3.8, 4) is 5.75 Å². The number of morpholine rings is 1. The maximum Gasteiger partial charge on any atom is 0.258 e. The molecule has 1 fully saturated rings. The van der Waals surface area contributed by atoms with Gasteiger partial charge < -0.3 is 20.1 Å². The van der Waals surface area contributed by atoms with Crippen LogP contribution in [0.2, 0.25) is 0 Å². The molecule has 1 saturated heterocycles. The van der Waals surface area contributed by atoms with E-state index in [1.807, 2.05) is 6.92 Å². The zero-order chi connectivity index (χ0) is 15.4. The van der Waals surface area contributed by atoms with E-state index in [0.717, 1.165) is 0 Å². The Morgan fingerprint density at radius 2 is 2.29 bits per heavy atom. The molecule has 0 saturated carbocycles. The summed E-state index contributed by atoms with van der Waals surface area (Å²) < 4.78 is 5.98. The fraction of sp³-hybridized carbons (Fsp3) is 0.429. The predicted molar refractivity (Wildman–Crippen MR) is 80.1 cm³/mol. The Morgan fingerprint density at radius 3 is 3.00 bits per heavy atom. The van der Waals surface area contributed by atoms with E-state index in [1.54, 1.807) is 12.1 Å². The average Bonchev–Trinajstić information content (AvgIpc) is 2.49. The summed E-state index contributed by atoms with van der Waals surface area (Å²) in [7, 11) is 0. The molecule has 0 spiro atoms. The quantitative estimate of drug-likeness (QED) is 0.850. The number of benzene rings is 1. The van der Waals surface area contributed by atoms with E-state index in [4.69, 9.17) is 4.74 Å². The Balaban J connectivity index is 2.26. The highest BCUT2D eigenvalue weighted by atomic mass is 79.9. The molecular weight excluding hydrogens is 340 g/mol. The normalized spacial score (nSPS) is 18.4. The van der Waals surface area contributed by atoms with Crippen LogP contribution in [0.4, 0.5) is 0 Å². The van der Waals surface area contributed by atoms with Crippen LogP contribution in [0.25, 0.3) is 0 Å². The minimum atomic E-state index is -0.676. The van der Waals surface area contributed by atoms with Crippen LogP contribution in [0.15, 0.2) is 22.7 Å². The van der Waals surface area contributed by atoms with Crippen molar-refractivity contribution in [2.75, 3.05) is 26.3 Å². The molecule has 114 valence electrons. The van der Waals surface area contributed by atoms with Crippen molar-refractivity contribution in [2.24, 2.45) is 0 Å². The molecule has 1 aliphatic heterocycles. The molecule has 7 heteroatoms. The fourth-order valence-electron chi connectivity index (χ4n) is 2.19. The van der Waals surface area contributed by atoms with Crippen LogP contribution < -0.4 is 5.32 Å². The van der Waals surface area contributed by atoms with E-state index in [9.17, 15) is 14.7 Å². The van der Waals surface area contributed by atoms with E-state index >= 15 is 0 Å². The molecule has 0 bridgehead atoms. The number of amides is 2. The summed E-state index contributed by atoms with van der Waals surface area (Å²) in [4.78, 5) is 26.1. The molecule has 6 nitrogen and oxygen atoms in total. The third kappa shape index (κ3) is 3.54. The summed E-state index contributed by atoms with van der Waals surface area (Å²) >= 11 is 3.27. The monoisotopic (exact) mass is 356 g/mol. The van der Waals surface area contributed by atoms with Gasteiger partial charge >= 0.3 is 0 Å². The smallest absolute Gasteiger partial charge is 0.258 e. The van der Waals surface area contributed by atoms with Crippen molar-refractivity contribution in [1.82, 2.24) is 10.2 Å². The molecule has 0 aromatic heterocycles. The van der Waals surface area contributed by atoms with Crippen LogP contribution in [0.5, 0.6) is 5.75 Å². The lowest BCUT2D eigenvalue weighted by molar-refractivity contribution is -0.130. The molecule has 1 unspecified atom stereocenters. The van der Waals surface area contributed by atoms with Gasteiger partial charge in [-0.3, -0.25) is 9.59 Å². The standard InChI is InChI=1S/C14H17BrN2O4/c1-2-16-13(19)11-8-21-6-5-17(11)14(20)10-7-9(15)3-4-12(10)18/h3-4,7,11,18H,2,5-6,8H2,1H3,(H,16,19). The second-order valence-electron chi connectivity index (χ2n) is 4.65. The van der Waals surface area contributed by atoms with Gasteiger partial charge in [-0.2, -0.15) is 0 Å². The molecule has 2 rings (SSSR count). The third-order valence-electron chi connectivity index (χ3n) is 3.23. The largest absolute Gasteiger partial charge is 0.507 e. The number of hydrogen-bond acceptors (Lipinski definition) is 4. The number of nitrogens with one attached hydrogen (secondary N) is 1. The number of nitrogens with zero attached hydrogens (tertiary/aromatic N) is 1. The van der Waals surface area contributed by atoms with Gasteiger partial charge in [0.25, 0.3) is 5.91 Å². The molecule has 2 amide bonds. The van der Waals surface area contributed by atoms with Gasteiger partial charge in [-0.25, -0.2) is 0 Å². The highest BCUT2D eigenvalue weighted by Gasteiger charge is 2.34. The second kappa shape index (κ2) is 6.91. The average molecular weight is 357 g/mol. The second-order valence-corrected chi connectivity index (χ2v) is 5.56. The summed E-state index contributed by atoms with van der Waals surface area (Å²) in [6.45, 7) is 3.14. The van der Waals surface area contributed by atoms with Gasteiger partial charge in [0, 0.05) is 17.6 Å². The van der Waals surface area contributed by atoms with E-state index in [2.05, 4.69) is 21.2 Å². The van der Waals surface area contributed by atoms with Crippen LogP contribution >= 0.6 is 15.9 Å². The van der Waals surface area contributed by atoms with Crippen molar-refractivity contribution >= 4 is 27.7 Å². The highest BCUT2D eigenvalue weighted by Crippen LogP contribution is 2.24. The van der Waals surface area contributed by atoms with Crippen LogP contribution in [0.1, 0.15) is 17.3 Å². The first kappa shape index (κ1) is 15.8. The zero-order valence-electron chi connectivity index (χ0n) is 11.6. The number of phenols is 1. The van der Waals surface area contributed by atoms with Crippen LogP contribution in [0, 0.1) is 0 Å².